The van der Waals surface area contributed by atoms with Gasteiger partial charge in [0.25, 0.3) is 0 Å². The van der Waals surface area contributed by atoms with Gasteiger partial charge in [-0.05, 0) is 12.1 Å². The Bertz CT molecular complexity index is 818. The smallest absolute Gasteiger partial charge is 0.337 e. The van der Waals surface area contributed by atoms with E-state index >= 15 is 0 Å². The summed E-state index contributed by atoms with van der Waals surface area (Å²) in [5.41, 5.74) is -1.87. The Morgan fingerprint density at radius 1 is 1.35 bits per heavy atom. The molecule has 104 valence electrons. The molecule has 0 fully saturated rings. The molecule has 0 aliphatic carbocycles. The number of nitrogens with one attached hydrogen (secondary N) is 2. The lowest BCUT2D eigenvalue weighted by molar-refractivity contribution is -0.121. The molecule has 0 unspecified atom stereocenters. The molecule has 3 N–H and O–H groups in total. The molecule has 0 spiro atoms. The number of aromatic carboxylic acids is 1. The lowest BCUT2D eigenvalue weighted by Crippen LogP contribution is -2.40. The molecule has 0 atom stereocenters. The van der Waals surface area contributed by atoms with Gasteiger partial charge in [0, 0.05) is 7.05 Å². The second kappa shape index (κ2) is 5.00. The van der Waals surface area contributed by atoms with Crippen molar-refractivity contribution in [1.29, 1.82) is 0 Å². The summed E-state index contributed by atoms with van der Waals surface area (Å²) in [4.78, 5) is 48.3. The number of aromatic nitrogens is 2. The molecule has 1 aromatic heterocycles. The fourth-order valence-electron chi connectivity index (χ4n) is 1.88. The highest BCUT2D eigenvalue weighted by atomic mass is 16.4. The summed E-state index contributed by atoms with van der Waals surface area (Å²) in [6.45, 7) is -0.431. The lowest BCUT2D eigenvalue weighted by atomic mass is 10.1. The standard InChI is InChI=1S/C12H11N3O5/c1-13-8(16)5-15-9-6(12(19)20)3-2-4-7(9)14-10(17)11(15)18/h2-4H,5H2,1H3,(H,13,16)(H,14,17)(H,19,20). The van der Waals surface area contributed by atoms with E-state index < -0.39 is 29.5 Å². The third-order valence-corrected chi connectivity index (χ3v) is 2.80. The van der Waals surface area contributed by atoms with Crippen molar-refractivity contribution in [1.82, 2.24) is 14.9 Å². The van der Waals surface area contributed by atoms with Crippen molar-refractivity contribution >= 4 is 22.9 Å². The first-order chi connectivity index (χ1) is 9.45. The number of fused-ring (bicyclic) bond motifs is 1. The number of hydrogen-bond acceptors (Lipinski definition) is 4. The van der Waals surface area contributed by atoms with E-state index in [4.69, 9.17) is 5.11 Å². The zero-order valence-corrected chi connectivity index (χ0v) is 10.5. The molecule has 0 bridgehead atoms. The van der Waals surface area contributed by atoms with Gasteiger partial charge in [0.15, 0.2) is 0 Å². The second-order valence-corrected chi connectivity index (χ2v) is 4.03. The number of carboxylic acid groups (broad SMARTS) is 1. The molecule has 8 heteroatoms. The predicted molar refractivity (Wildman–Crippen MR) is 69.9 cm³/mol. The first kappa shape index (κ1) is 13.5. The summed E-state index contributed by atoms with van der Waals surface area (Å²) in [5, 5.41) is 11.5. The molecule has 0 aliphatic rings. The van der Waals surface area contributed by atoms with E-state index in [1.807, 2.05) is 0 Å². The number of carboxylic acids is 1. The Morgan fingerprint density at radius 3 is 2.65 bits per heavy atom. The molecule has 0 saturated heterocycles. The van der Waals surface area contributed by atoms with Gasteiger partial charge in [-0.25, -0.2) is 4.79 Å². The van der Waals surface area contributed by atoms with Crippen molar-refractivity contribution in [3.8, 4) is 0 Å². The fraction of sp³-hybridized carbons (Fsp3) is 0.167. The third kappa shape index (κ3) is 2.18. The number of carbonyl (C=O) groups is 2. The summed E-state index contributed by atoms with van der Waals surface area (Å²) < 4.78 is 0.858. The minimum absolute atomic E-state index is 0.00759. The van der Waals surface area contributed by atoms with Gasteiger partial charge in [-0.2, -0.15) is 0 Å². The number of para-hydroxylation sites is 1. The van der Waals surface area contributed by atoms with Crippen molar-refractivity contribution in [2.45, 2.75) is 6.54 Å². The van der Waals surface area contributed by atoms with E-state index in [9.17, 15) is 19.2 Å². The average Bonchev–Trinajstić information content (AvgIpc) is 2.42. The van der Waals surface area contributed by atoms with Gasteiger partial charge in [0.05, 0.1) is 16.6 Å². The molecule has 1 amide bonds. The highest BCUT2D eigenvalue weighted by Crippen LogP contribution is 2.14. The van der Waals surface area contributed by atoms with Crippen LogP contribution < -0.4 is 16.4 Å². The van der Waals surface area contributed by atoms with Crippen LogP contribution in [-0.4, -0.2) is 33.6 Å². The van der Waals surface area contributed by atoms with Gasteiger partial charge in [-0.1, -0.05) is 6.07 Å². The van der Waals surface area contributed by atoms with E-state index in [0.29, 0.717) is 0 Å². The maximum absolute atomic E-state index is 11.9. The summed E-state index contributed by atoms with van der Waals surface area (Å²) in [5.74, 6) is -1.77. The second-order valence-electron chi connectivity index (χ2n) is 4.03. The number of rotatable bonds is 3. The number of aromatic amines is 1. The Hall–Kier alpha value is -2.90. The van der Waals surface area contributed by atoms with E-state index in [1.54, 1.807) is 0 Å². The third-order valence-electron chi connectivity index (χ3n) is 2.80. The monoisotopic (exact) mass is 277 g/mol. The number of hydrogen-bond donors (Lipinski definition) is 3. The zero-order valence-electron chi connectivity index (χ0n) is 10.5. The summed E-state index contributed by atoms with van der Waals surface area (Å²) in [7, 11) is 1.38. The molecular weight excluding hydrogens is 266 g/mol. The molecule has 2 aromatic rings. The highest BCUT2D eigenvalue weighted by molar-refractivity contribution is 6.01. The number of benzene rings is 1. The number of likely N-dealkylation sites (N-methyl/N-ethyl adjacent to an activating group) is 1. The van der Waals surface area contributed by atoms with Gasteiger partial charge < -0.3 is 15.4 Å². The van der Waals surface area contributed by atoms with Crippen LogP contribution in [0.1, 0.15) is 10.4 Å². The summed E-state index contributed by atoms with van der Waals surface area (Å²) in [6.07, 6.45) is 0. The molecule has 8 nitrogen and oxygen atoms in total. The summed E-state index contributed by atoms with van der Waals surface area (Å²) in [6, 6.07) is 4.20. The van der Waals surface area contributed by atoms with Crippen LogP contribution in [0.15, 0.2) is 27.8 Å². The van der Waals surface area contributed by atoms with Crippen LogP contribution in [0.4, 0.5) is 0 Å². The van der Waals surface area contributed by atoms with Gasteiger partial charge in [-0.3, -0.25) is 19.0 Å². The molecule has 20 heavy (non-hydrogen) atoms. The SMILES string of the molecule is CNC(=O)Cn1c(=O)c(=O)[nH]c2cccc(C(=O)O)c21. The predicted octanol–water partition coefficient (Wildman–Crippen LogP) is -0.866. The van der Waals surface area contributed by atoms with Crippen LogP contribution in [0.5, 0.6) is 0 Å². The van der Waals surface area contributed by atoms with Gasteiger partial charge >= 0.3 is 17.1 Å². The van der Waals surface area contributed by atoms with Crippen LogP contribution in [0.25, 0.3) is 11.0 Å². The first-order valence-corrected chi connectivity index (χ1v) is 5.65. The zero-order chi connectivity index (χ0) is 14.9. The van der Waals surface area contributed by atoms with Crippen molar-refractivity contribution in [2.24, 2.45) is 0 Å². The van der Waals surface area contributed by atoms with Crippen molar-refractivity contribution in [2.75, 3.05) is 7.05 Å². The Labute approximate surface area is 111 Å². The minimum atomic E-state index is -1.26. The molecule has 1 aromatic carbocycles. The Balaban J connectivity index is 2.91. The Morgan fingerprint density at radius 2 is 2.05 bits per heavy atom. The van der Waals surface area contributed by atoms with Gasteiger partial charge in [-0.15, -0.1) is 0 Å². The van der Waals surface area contributed by atoms with Gasteiger partial charge in [0.2, 0.25) is 5.91 Å². The highest BCUT2D eigenvalue weighted by Gasteiger charge is 2.16. The number of amides is 1. The molecule has 0 saturated carbocycles. The molecular formula is C12H11N3O5. The van der Waals surface area contributed by atoms with Crippen molar-refractivity contribution in [3.63, 3.8) is 0 Å². The largest absolute Gasteiger partial charge is 0.478 e. The molecule has 1 heterocycles. The first-order valence-electron chi connectivity index (χ1n) is 5.65. The quantitative estimate of drug-likeness (QED) is 0.630. The van der Waals surface area contributed by atoms with Crippen LogP contribution >= 0.6 is 0 Å². The fourth-order valence-corrected chi connectivity index (χ4v) is 1.88. The summed E-state index contributed by atoms with van der Waals surface area (Å²) >= 11 is 0. The van der Waals surface area contributed by atoms with Crippen LogP contribution in [0.2, 0.25) is 0 Å². The number of carbonyl (C=O) groups excluding carboxylic acids is 1. The van der Waals surface area contributed by atoms with E-state index in [1.165, 1.54) is 25.2 Å². The average molecular weight is 277 g/mol. The van der Waals surface area contributed by atoms with Crippen LogP contribution in [0, 0.1) is 0 Å². The van der Waals surface area contributed by atoms with Crippen LogP contribution in [0.3, 0.4) is 0 Å². The molecule has 0 radical (unpaired) electrons. The van der Waals surface area contributed by atoms with Crippen molar-refractivity contribution in [3.05, 3.63) is 44.5 Å². The Kier molecular flexibility index (Phi) is 3.38. The van der Waals surface area contributed by atoms with Crippen molar-refractivity contribution < 1.29 is 14.7 Å². The molecule has 2 rings (SSSR count). The maximum Gasteiger partial charge on any atom is 0.337 e. The maximum atomic E-state index is 11.9. The van der Waals surface area contributed by atoms with Crippen LogP contribution in [-0.2, 0) is 11.3 Å². The normalized spacial score (nSPS) is 10.4. The lowest BCUT2D eigenvalue weighted by Gasteiger charge is -2.10. The minimum Gasteiger partial charge on any atom is -0.478 e. The number of H-pyrrole nitrogens is 1. The van der Waals surface area contributed by atoms with E-state index in [2.05, 4.69) is 10.3 Å². The number of nitrogens with zero attached hydrogens (tertiary/aromatic N) is 1. The topological polar surface area (TPSA) is 121 Å². The van der Waals surface area contributed by atoms with E-state index in [0.717, 1.165) is 4.57 Å². The van der Waals surface area contributed by atoms with Gasteiger partial charge in [0.1, 0.15) is 6.54 Å². The van der Waals surface area contributed by atoms with E-state index in [-0.39, 0.29) is 16.6 Å². The molecule has 0 aliphatic heterocycles.